The fourth-order valence-electron chi connectivity index (χ4n) is 3.38. The summed E-state index contributed by atoms with van der Waals surface area (Å²) >= 11 is 0. The van der Waals surface area contributed by atoms with E-state index in [2.05, 4.69) is 68.8 Å². The summed E-state index contributed by atoms with van der Waals surface area (Å²) in [6.45, 7) is 6.47. The van der Waals surface area contributed by atoms with E-state index in [0.29, 0.717) is 0 Å². The molecule has 0 saturated heterocycles. The third-order valence-electron chi connectivity index (χ3n) is 4.75. The highest BCUT2D eigenvalue weighted by Crippen LogP contribution is 2.32. The fourth-order valence-corrected chi connectivity index (χ4v) is 3.38. The summed E-state index contributed by atoms with van der Waals surface area (Å²) in [6.07, 6.45) is 1.76. The van der Waals surface area contributed by atoms with Crippen LogP contribution in [0.4, 0.5) is 0 Å². The Morgan fingerprint density at radius 2 is 1.70 bits per heavy atom. The van der Waals surface area contributed by atoms with Crippen molar-refractivity contribution in [1.82, 2.24) is 0 Å². The molecular formula is C21H20NO+. The van der Waals surface area contributed by atoms with Gasteiger partial charge in [-0.2, -0.15) is 4.57 Å². The second kappa shape index (κ2) is 4.95. The van der Waals surface area contributed by atoms with Gasteiger partial charge in [-0.1, -0.05) is 17.7 Å². The molecule has 2 aromatic heterocycles. The number of aryl methyl sites for hydroxylation is 3. The molecule has 4 rings (SSSR count). The standard InChI is InChI=1S/C21H20NO/c1-13-5-6-16-11-15(3)22(4)21(19(16)9-13)18-12-20-17(7-8-23-20)10-14(18)2/h5-12H,1-4H3/q+1. The zero-order valence-electron chi connectivity index (χ0n) is 14.0. The molecule has 0 unspecified atom stereocenters. The van der Waals surface area contributed by atoms with Crippen LogP contribution in [0.25, 0.3) is 33.0 Å². The van der Waals surface area contributed by atoms with Crippen molar-refractivity contribution in [2.24, 2.45) is 7.05 Å². The van der Waals surface area contributed by atoms with Gasteiger partial charge in [-0.3, -0.25) is 0 Å². The highest BCUT2D eigenvalue weighted by molar-refractivity contribution is 5.96. The van der Waals surface area contributed by atoms with Crippen molar-refractivity contribution in [2.75, 3.05) is 0 Å². The molecule has 0 amide bonds. The second-order valence-corrected chi connectivity index (χ2v) is 6.41. The fraction of sp³-hybridized carbons (Fsp3) is 0.190. The number of pyridine rings is 1. The van der Waals surface area contributed by atoms with Gasteiger partial charge in [-0.15, -0.1) is 0 Å². The Morgan fingerprint density at radius 1 is 0.870 bits per heavy atom. The number of nitrogens with zero attached hydrogens (tertiary/aromatic N) is 1. The second-order valence-electron chi connectivity index (χ2n) is 6.41. The van der Waals surface area contributed by atoms with E-state index in [1.165, 1.54) is 38.9 Å². The van der Waals surface area contributed by atoms with E-state index in [1.54, 1.807) is 6.26 Å². The van der Waals surface area contributed by atoms with Crippen LogP contribution < -0.4 is 4.57 Å². The van der Waals surface area contributed by atoms with Crippen LogP contribution in [0.15, 0.2) is 53.1 Å². The van der Waals surface area contributed by atoms with Crippen molar-refractivity contribution in [3.05, 3.63) is 65.5 Å². The zero-order chi connectivity index (χ0) is 16.1. The predicted molar refractivity (Wildman–Crippen MR) is 94.5 cm³/mol. The summed E-state index contributed by atoms with van der Waals surface area (Å²) in [4.78, 5) is 0. The Bertz CT molecular complexity index is 1060. The van der Waals surface area contributed by atoms with Gasteiger partial charge < -0.3 is 4.42 Å². The molecule has 2 heteroatoms. The van der Waals surface area contributed by atoms with Crippen LogP contribution in [0.1, 0.15) is 16.8 Å². The van der Waals surface area contributed by atoms with Crippen LogP contribution in [0, 0.1) is 20.8 Å². The van der Waals surface area contributed by atoms with Crippen LogP contribution in [-0.4, -0.2) is 0 Å². The lowest BCUT2D eigenvalue weighted by atomic mass is 9.97. The zero-order valence-corrected chi connectivity index (χ0v) is 14.0. The van der Waals surface area contributed by atoms with E-state index >= 15 is 0 Å². The summed E-state index contributed by atoms with van der Waals surface area (Å²) in [5.74, 6) is 0. The number of rotatable bonds is 1. The minimum Gasteiger partial charge on any atom is -0.464 e. The predicted octanol–water partition coefficient (Wildman–Crippen LogP) is 5.00. The van der Waals surface area contributed by atoms with Gasteiger partial charge >= 0.3 is 0 Å². The third-order valence-corrected chi connectivity index (χ3v) is 4.75. The molecular weight excluding hydrogens is 282 g/mol. The van der Waals surface area contributed by atoms with E-state index in [1.807, 2.05) is 6.07 Å². The molecule has 0 saturated carbocycles. The van der Waals surface area contributed by atoms with Gasteiger partial charge in [0.25, 0.3) is 0 Å². The first-order valence-electron chi connectivity index (χ1n) is 7.93. The maximum absolute atomic E-state index is 5.63. The summed E-state index contributed by atoms with van der Waals surface area (Å²) in [6, 6.07) is 15.3. The minimum absolute atomic E-state index is 0.938. The van der Waals surface area contributed by atoms with Crippen molar-refractivity contribution in [3.63, 3.8) is 0 Å². The molecule has 0 radical (unpaired) electrons. The molecule has 4 aromatic rings. The molecule has 0 N–H and O–H groups in total. The quantitative estimate of drug-likeness (QED) is 0.452. The van der Waals surface area contributed by atoms with Crippen LogP contribution >= 0.6 is 0 Å². The lowest BCUT2D eigenvalue weighted by Crippen LogP contribution is -2.35. The maximum atomic E-state index is 5.63. The van der Waals surface area contributed by atoms with Crippen molar-refractivity contribution in [3.8, 4) is 11.3 Å². The number of aromatic nitrogens is 1. The summed E-state index contributed by atoms with van der Waals surface area (Å²) in [5, 5.41) is 3.72. The van der Waals surface area contributed by atoms with Gasteiger partial charge in [0, 0.05) is 18.4 Å². The van der Waals surface area contributed by atoms with Gasteiger partial charge in [-0.05, 0) is 49.1 Å². The molecule has 23 heavy (non-hydrogen) atoms. The number of hydrogen-bond donors (Lipinski definition) is 0. The van der Waals surface area contributed by atoms with Gasteiger partial charge in [0.15, 0.2) is 5.69 Å². The lowest BCUT2D eigenvalue weighted by molar-refractivity contribution is -0.665. The molecule has 114 valence electrons. The Hall–Kier alpha value is -2.61. The molecule has 0 atom stereocenters. The van der Waals surface area contributed by atoms with Crippen LogP contribution in [0.2, 0.25) is 0 Å². The van der Waals surface area contributed by atoms with E-state index < -0.39 is 0 Å². The molecule has 0 bridgehead atoms. The number of fused-ring (bicyclic) bond motifs is 2. The van der Waals surface area contributed by atoms with Crippen LogP contribution in [-0.2, 0) is 7.05 Å². The summed E-state index contributed by atoms with van der Waals surface area (Å²) in [7, 11) is 2.14. The molecule has 0 aliphatic heterocycles. The Labute approximate surface area is 136 Å². The molecule has 0 aliphatic rings. The van der Waals surface area contributed by atoms with Gasteiger partial charge in [-0.25, -0.2) is 0 Å². The SMILES string of the molecule is Cc1ccc2cc(C)[n+](C)c(-c3cc4occc4cc3C)c2c1. The normalized spacial score (nSPS) is 11.5. The number of furan rings is 1. The molecule has 2 nitrogen and oxygen atoms in total. The monoisotopic (exact) mass is 302 g/mol. The average Bonchev–Trinajstić information content (AvgIpc) is 2.96. The first kappa shape index (κ1) is 14.0. The Balaban J connectivity index is 2.16. The first-order chi connectivity index (χ1) is 11.0. The van der Waals surface area contributed by atoms with E-state index in [-0.39, 0.29) is 0 Å². The topological polar surface area (TPSA) is 17.0 Å². The van der Waals surface area contributed by atoms with Crippen LogP contribution in [0.3, 0.4) is 0 Å². The highest BCUT2D eigenvalue weighted by Gasteiger charge is 2.20. The molecule has 0 fully saturated rings. The van der Waals surface area contributed by atoms with E-state index in [0.717, 1.165) is 11.0 Å². The third kappa shape index (κ3) is 2.14. The first-order valence-corrected chi connectivity index (χ1v) is 7.93. The molecule has 2 heterocycles. The largest absolute Gasteiger partial charge is 0.464 e. The van der Waals surface area contributed by atoms with Crippen LogP contribution in [0.5, 0.6) is 0 Å². The van der Waals surface area contributed by atoms with Gasteiger partial charge in [0.2, 0.25) is 5.69 Å². The van der Waals surface area contributed by atoms with Gasteiger partial charge in [0.05, 0.1) is 17.2 Å². The summed E-state index contributed by atoms with van der Waals surface area (Å²) in [5.41, 5.74) is 7.21. The van der Waals surface area contributed by atoms with E-state index in [9.17, 15) is 0 Å². The van der Waals surface area contributed by atoms with Crippen molar-refractivity contribution >= 4 is 21.7 Å². The summed E-state index contributed by atoms with van der Waals surface area (Å²) < 4.78 is 7.91. The molecule has 2 aromatic carbocycles. The number of benzene rings is 2. The van der Waals surface area contributed by atoms with Crippen molar-refractivity contribution in [1.29, 1.82) is 0 Å². The average molecular weight is 302 g/mol. The maximum Gasteiger partial charge on any atom is 0.220 e. The molecule has 0 aliphatic carbocycles. The number of hydrogen-bond acceptors (Lipinski definition) is 1. The Morgan fingerprint density at radius 3 is 2.52 bits per heavy atom. The smallest absolute Gasteiger partial charge is 0.220 e. The minimum atomic E-state index is 0.938. The Kier molecular flexibility index (Phi) is 3.02. The van der Waals surface area contributed by atoms with Gasteiger partial charge in [0.1, 0.15) is 12.6 Å². The van der Waals surface area contributed by atoms with Crippen molar-refractivity contribution < 1.29 is 8.98 Å². The van der Waals surface area contributed by atoms with E-state index in [4.69, 9.17) is 4.42 Å². The highest BCUT2D eigenvalue weighted by atomic mass is 16.3. The molecule has 0 spiro atoms. The van der Waals surface area contributed by atoms with Crippen molar-refractivity contribution in [2.45, 2.75) is 20.8 Å². The lowest BCUT2D eigenvalue weighted by Gasteiger charge is -2.10.